The van der Waals surface area contributed by atoms with E-state index in [-0.39, 0.29) is 5.91 Å². The van der Waals surface area contributed by atoms with Crippen LogP contribution >= 0.6 is 15.9 Å². The minimum Gasteiger partial charge on any atom is -0.496 e. The quantitative estimate of drug-likeness (QED) is 0.691. The number of ether oxygens (including phenoxy) is 1. The highest BCUT2D eigenvalue weighted by Gasteiger charge is 2.11. The molecule has 0 saturated carbocycles. The van der Waals surface area contributed by atoms with Gasteiger partial charge in [0, 0.05) is 16.9 Å². The number of rotatable bonds is 4. The Bertz CT molecular complexity index is 630. The molecule has 0 aliphatic rings. The fourth-order valence-electron chi connectivity index (χ4n) is 1.53. The van der Waals surface area contributed by atoms with Crippen LogP contribution in [0.2, 0.25) is 0 Å². The molecule has 0 fully saturated rings. The van der Waals surface area contributed by atoms with Crippen molar-refractivity contribution in [3.8, 4) is 5.75 Å². The summed E-state index contributed by atoms with van der Waals surface area (Å²) in [6, 6.07) is 8.73. The summed E-state index contributed by atoms with van der Waals surface area (Å²) in [4.78, 5) is 15.9. The van der Waals surface area contributed by atoms with Gasteiger partial charge < -0.3 is 4.74 Å². The van der Waals surface area contributed by atoms with Crippen molar-refractivity contribution in [1.82, 2.24) is 10.4 Å². The lowest BCUT2D eigenvalue weighted by Gasteiger charge is -2.07. The lowest BCUT2D eigenvalue weighted by Crippen LogP contribution is -2.18. The number of hydrogen-bond acceptors (Lipinski definition) is 4. The Hall–Kier alpha value is -2.21. The molecule has 0 aliphatic carbocycles. The van der Waals surface area contributed by atoms with Crippen molar-refractivity contribution in [2.45, 2.75) is 0 Å². The van der Waals surface area contributed by atoms with Crippen molar-refractivity contribution < 1.29 is 9.53 Å². The number of pyridine rings is 1. The number of carbonyl (C=O) groups excluding carboxylic acids is 1. The van der Waals surface area contributed by atoms with Gasteiger partial charge in [0.15, 0.2) is 0 Å². The molecule has 1 heterocycles. The molecule has 0 aliphatic heterocycles. The molecule has 0 spiro atoms. The second-order valence-corrected chi connectivity index (χ2v) is 4.74. The summed E-state index contributed by atoms with van der Waals surface area (Å²) in [7, 11) is 1.51. The van der Waals surface area contributed by atoms with Crippen LogP contribution in [0.4, 0.5) is 0 Å². The van der Waals surface area contributed by atoms with Gasteiger partial charge in [0.05, 0.1) is 18.9 Å². The minimum atomic E-state index is -0.334. The number of nitrogens with zero attached hydrogens (tertiary/aromatic N) is 2. The molecule has 1 amide bonds. The standard InChI is InChI=1S/C14H12BrN3O2/c1-20-13-8-11(15)2-3-12(13)14(19)18-17-9-10-4-6-16-7-5-10/h2-9H,1H3,(H,18,19)/b17-9-. The van der Waals surface area contributed by atoms with E-state index in [1.807, 2.05) is 0 Å². The number of methoxy groups -OCH3 is 1. The lowest BCUT2D eigenvalue weighted by molar-refractivity contribution is 0.0952. The SMILES string of the molecule is COc1cc(Br)ccc1C(=O)N/N=C\c1ccncc1. The second kappa shape index (κ2) is 6.81. The van der Waals surface area contributed by atoms with E-state index in [1.165, 1.54) is 7.11 Å². The fraction of sp³-hybridized carbons (Fsp3) is 0.0714. The van der Waals surface area contributed by atoms with E-state index in [9.17, 15) is 4.79 Å². The topological polar surface area (TPSA) is 63.6 Å². The van der Waals surface area contributed by atoms with E-state index in [0.717, 1.165) is 10.0 Å². The lowest BCUT2D eigenvalue weighted by atomic mass is 10.2. The van der Waals surface area contributed by atoms with Crippen LogP contribution in [0.5, 0.6) is 5.75 Å². The Kier molecular flexibility index (Phi) is 4.84. The van der Waals surface area contributed by atoms with E-state index >= 15 is 0 Å². The molecule has 1 N–H and O–H groups in total. The highest BCUT2D eigenvalue weighted by Crippen LogP contribution is 2.23. The van der Waals surface area contributed by atoms with Crippen LogP contribution in [0.15, 0.2) is 52.3 Å². The number of hydrazone groups is 1. The third-order valence-electron chi connectivity index (χ3n) is 2.49. The van der Waals surface area contributed by atoms with E-state index in [2.05, 4.69) is 31.4 Å². The maximum Gasteiger partial charge on any atom is 0.275 e. The van der Waals surface area contributed by atoms with Gasteiger partial charge in [0.1, 0.15) is 5.75 Å². The fourth-order valence-corrected chi connectivity index (χ4v) is 1.87. The van der Waals surface area contributed by atoms with Crippen LogP contribution in [-0.2, 0) is 0 Å². The summed E-state index contributed by atoms with van der Waals surface area (Å²) >= 11 is 3.32. The Morgan fingerprint density at radius 2 is 2.10 bits per heavy atom. The van der Waals surface area contributed by atoms with Gasteiger partial charge in [-0.05, 0) is 35.9 Å². The largest absolute Gasteiger partial charge is 0.496 e. The number of carbonyl (C=O) groups is 1. The van der Waals surface area contributed by atoms with Crippen LogP contribution in [0.3, 0.4) is 0 Å². The molecule has 2 aromatic rings. The second-order valence-electron chi connectivity index (χ2n) is 3.82. The van der Waals surface area contributed by atoms with E-state index in [0.29, 0.717) is 11.3 Å². The average molecular weight is 334 g/mol. The summed E-state index contributed by atoms with van der Waals surface area (Å²) in [5.74, 6) is 0.149. The van der Waals surface area contributed by atoms with Crippen LogP contribution in [0, 0.1) is 0 Å². The van der Waals surface area contributed by atoms with Gasteiger partial charge in [-0.3, -0.25) is 9.78 Å². The molecule has 0 unspecified atom stereocenters. The van der Waals surface area contributed by atoms with Gasteiger partial charge in [0.2, 0.25) is 0 Å². The molecule has 0 atom stereocenters. The summed E-state index contributed by atoms with van der Waals surface area (Å²) in [5, 5.41) is 3.90. The molecule has 2 rings (SSSR count). The monoisotopic (exact) mass is 333 g/mol. The molecule has 0 saturated heterocycles. The third-order valence-corrected chi connectivity index (χ3v) is 2.99. The Morgan fingerprint density at radius 3 is 2.80 bits per heavy atom. The molecule has 0 radical (unpaired) electrons. The van der Waals surface area contributed by atoms with Gasteiger partial charge in [-0.15, -0.1) is 0 Å². The first-order valence-corrected chi connectivity index (χ1v) is 6.57. The van der Waals surface area contributed by atoms with Gasteiger partial charge in [-0.1, -0.05) is 15.9 Å². The van der Waals surface area contributed by atoms with Gasteiger partial charge in [-0.2, -0.15) is 5.10 Å². The zero-order valence-electron chi connectivity index (χ0n) is 10.7. The van der Waals surface area contributed by atoms with Crippen molar-refractivity contribution in [2.24, 2.45) is 5.10 Å². The summed E-state index contributed by atoms with van der Waals surface area (Å²) in [6.07, 6.45) is 4.85. The maximum atomic E-state index is 12.0. The minimum absolute atomic E-state index is 0.334. The van der Waals surface area contributed by atoms with E-state index in [4.69, 9.17) is 4.74 Å². The Morgan fingerprint density at radius 1 is 1.35 bits per heavy atom. The first kappa shape index (κ1) is 14.2. The summed E-state index contributed by atoms with van der Waals surface area (Å²) in [6.45, 7) is 0. The smallest absolute Gasteiger partial charge is 0.275 e. The van der Waals surface area contributed by atoms with Crippen LogP contribution < -0.4 is 10.2 Å². The Balaban J connectivity index is 2.07. The zero-order chi connectivity index (χ0) is 14.4. The molecule has 0 bridgehead atoms. The van der Waals surface area contributed by atoms with Crippen LogP contribution in [-0.4, -0.2) is 24.2 Å². The van der Waals surface area contributed by atoms with Crippen LogP contribution in [0.1, 0.15) is 15.9 Å². The number of nitrogens with one attached hydrogen (secondary N) is 1. The maximum absolute atomic E-state index is 12.0. The highest BCUT2D eigenvalue weighted by molar-refractivity contribution is 9.10. The van der Waals surface area contributed by atoms with Crippen molar-refractivity contribution in [1.29, 1.82) is 0 Å². The van der Waals surface area contributed by atoms with Crippen molar-refractivity contribution in [3.63, 3.8) is 0 Å². The van der Waals surface area contributed by atoms with Crippen LogP contribution in [0.25, 0.3) is 0 Å². The van der Waals surface area contributed by atoms with Gasteiger partial charge in [-0.25, -0.2) is 5.43 Å². The van der Waals surface area contributed by atoms with Gasteiger partial charge >= 0.3 is 0 Å². The van der Waals surface area contributed by atoms with Gasteiger partial charge in [0.25, 0.3) is 5.91 Å². The summed E-state index contributed by atoms with van der Waals surface area (Å²) in [5.41, 5.74) is 3.73. The molecular formula is C14H12BrN3O2. The molecule has 1 aromatic heterocycles. The first-order chi connectivity index (χ1) is 9.70. The van der Waals surface area contributed by atoms with E-state index < -0.39 is 0 Å². The molecule has 102 valence electrons. The predicted molar refractivity (Wildman–Crippen MR) is 80.0 cm³/mol. The third kappa shape index (κ3) is 3.64. The molecule has 1 aromatic carbocycles. The number of amides is 1. The average Bonchev–Trinajstić information content (AvgIpc) is 2.48. The molecular weight excluding hydrogens is 322 g/mol. The molecule has 20 heavy (non-hydrogen) atoms. The van der Waals surface area contributed by atoms with Crippen molar-refractivity contribution >= 4 is 28.1 Å². The molecule has 5 nitrogen and oxygen atoms in total. The highest BCUT2D eigenvalue weighted by atomic mass is 79.9. The molecule has 6 heteroatoms. The normalized spacial score (nSPS) is 10.5. The zero-order valence-corrected chi connectivity index (χ0v) is 12.3. The van der Waals surface area contributed by atoms with E-state index in [1.54, 1.807) is 48.9 Å². The van der Waals surface area contributed by atoms with Crippen molar-refractivity contribution in [2.75, 3.05) is 7.11 Å². The Labute approximate surface area is 124 Å². The predicted octanol–water partition coefficient (Wildman–Crippen LogP) is 2.62. The first-order valence-electron chi connectivity index (χ1n) is 5.77. The number of aromatic nitrogens is 1. The number of hydrogen-bond donors (Lipinski definition) is 1. The van der Waals surface area contributed by atoms with Crippen molar-refractivity contribution in [3.05, 3.63) is 58.3 Å². The summed E-state index contributed by atoms with van der Waals surface area (Å²) < 4.78 is 6.00. The number of halogens is 1. The number of benzene rings is 1.